The SMILES string of the molecule is CSCCn1c(=NC(=O)c2ccc3c(c2)CCCC3)sc2cc(Br)ccc21. The summed E-state index contributed by atoms with van der Waals surface area (Å²) in [5.41, 5.74) is 4.54. The molecule has 1 heterocycles. The summed E-state index contributed by atoms with van der Waals surface area (Å²) in [6.07, 6.45) is 6.75. The zero-order valence-electron chi connectivity index (χ0n) is 15.2. The maximum Gasteiger partial charge on any atom is 0.279 e. The molecular weight excluding hydrogens is 440 g/mol. The van der Waals surface area contributed by atoms with Crippen molar-refractivity contribution in [2.45, 2.75) is 32.2 Å². The zero-order chi connectivity index (χ0) is 18.8. The van der Waals surface area contributed by atoms with Crippen molar-refractivity contribution < 1.29 is 4.79 Å². The van der Waals surface area contributed by atoms with Gasteiger partial charge in [0, 0.05) is 22.3 Å². The third kappa shape index (κ3) is 4.08. The lowest BCUT2D eigenvalue weighted by molar-refractivity contribution is 0.0997. The van der Waals surface area contributed by atoms with Crippen LogP contribution in [-0.4, -0.2) is 22.5 Å². The first-order valence-corrected chi connectivity index (χ1v) is 12.1. The number of nitrogens with zero attached hydrogens (tertiary/aromatic N) is 2. The number of benzene rings is 2. The number of fused-ring (bicyclic) bond motifs is 2. The van der Waals surface area contributed by atoms with Crippen LogP contribution in [0.15, 0.2) is 45.9 Å². The Bertz CT molecular complexity index is 1070. The quantitative estimate of drug-likeness (QED) is 0.518. The van der Waals surface area contributed by atoms with Crippen LogP contribution in [0.5, 0.6) is 0 Å². The van der Waals surface area contributed by atoms with Crippen molar-refractivity contribution in [1.82, 2.24) is 4.57 Å². The highest BCUT2D eigenvalue weighted by molar-refractivity contribution is 9.10. The monoisotopic (exact) mass is 460 g/mol. The van der Waals surface area contributed by atoms with E-state index in [1.807, 2.05) is 12.1 Å². The number of carbonyl (C=O) groups excluding carboxylic acids is 1. The van der Waals surface area contributed by atoms with E-state index in [2.05, 4.69) is 56.0 Å². The zero-order valence-corrected chi connectivity index (χ0v) is 18.4. The Morgan fingerprint density at radius 1 is 1.19 bits per heavy atom. The Kier molecular flexibility index (Phi) is 5.85. The van der Waals surface area contributed by atoms with Gasteiger partial charge in [-0.25, -0.2) is 0 Å². The molecule has 0 saturated heterocycles. The Morgan fingerprint density at radius 3 is 2.81 bits per heavy atom. The number of carbonyl (C=O) groups is 1. The van der Waals surface area contributed by atoms with E-state index in [0.29, 0.717) is 5.56 Å². The lowest BCUT2D eigenvalue weighted by atomic mass is 9.90. The summed E-state index contributed by atoms with van der Waals surface area (Å²) < 4.78 is 4.35. The Morgan fingerprint density at radius 2 is 2.00 bits per heavy atom. The highest BCUT2D eigenvalue weighted by Crippen LogP contribution is 2.24. The number of aryl methyl sites for hydroxylation is 3. The fourth-order valence-electron chi connectivity index (χ4n) is 3.55. The van der Waals surface area contributed by atoms with E-state index in [-0.39, 0.29) is 5.91 Å². The third-order valence-electron chi connectivity index (χ3n) is 4.96. The van der Waals surface area contributed by atoms with Crippen LogP contribution < -0.4 is 4.80 Å². The van der Waals surface area contributed by atoms with Crippen molar-refractivity contribution in [3.8, 4) is 0 Å². The molecule has 3 nitrogen and oxygen atoms in total. The average molecular weight is 461 g/mol. The molecule has 0 unspecified atom stereocenters. The van der Waals surface area contributed by atoms with Crippen LogP contribution in [-0.2, 0) is 19.4 Å². The molecule has 0 N–H and O–H groups in total. The molecule has 0 radical (unpaired) electrons. The average Bonchev–Trinajstić information content (AvgIpc) is 3.01. The van der Waals surface area contributed by atoms with E-state index in [0.717, 1.165) is 44.6 Å². The predicted molar refractivity (Wildman–Crippen MR) is 119 cm³/mol. The van der Waals surface area contributed by atoms with E-state index < -0.39 is 0 Å². The van der Waals surface area contributed by atoms with Gasteiger partial charge in [0.1, 0.15) is 0 Å². The van der Waals surface area contributed by atoms with Gasteiger partial charge in [0.15, 0.2) is 4.80 Å². The standard InChI is InChI=1S/C21H21BrN2OS2/c1-26-11-10-24-18-9-8-17(22)13-19(18)27-21(24)23-20(25)16-7-6-14-4-2-3-5-15(14)12-16/h6-9,12-13H,2-5,10-11H2,1H3. The summed E-state index contributed by atoms with van der Waals surface area (Å²) >= 11 is 6.91. The molecule has 0 saturated carbocycles. The van der Waals surface area contributed by atoms with E-state index in [1.54, 1.807) is 23.1 Å². The van der Waals surface area contributed by atoms with Gasteiger partial charge in [0.05, 0.1) is 10.2 Å². The second kappa shape index (κ2) is 8.33. The minimum atomic E-state index is -0.146. The molecular formula is C21H21BrN2OS2. The molecule has 0 spiro atoms. The highest BCUT2D eigenvalue weighted by atomic mass is 79.9. The lowest BCUT2D eigenvalue weighted by Gasteiger charge is -2.15. The molecule has 140 valence electrons. The number of thioether (sulfide) groups is 1. The maximum atomic E-state index is 12.9. The summed E-state index contributed by atoms with van der Waals surface area (Å²) in [6, 6.07) is 12.3. The van der Waals surface area contributed by atoms with Crippen molar-refractivity contribution in [2.24, 2.45) is 4.99 Å². The number of rotatable bonds is 4. The lowest BCUT2D eigenvalue weighted by Crippen LogP contribution is -2.18. The maximum absolute atomic E-state index is 12.9. The van der Waals surface area contributed by atoms with Gasteiger partial charge in [-0.1, -0.05) is 33.3 Å². The topological polar surface area (TPSA) is 34.4 Å². The van der Waals surface area contributed by atoms with E-state index in [9.17, 15) is 4.79 Å². The summed E-state index contributed by atoms with van der Waals surface area (Å²) in [7, 11) is 0. The van der Waals surface area contributed by atoms with Gasteiger partial charge in [0.25, 0.3) is 5.91 Å². The fourth-order valence-corrected chi connectivity index (χ4v) is 5.52. The molecule has 3 aromatic rings. The molecule has 27 heavy (non-hydrogen) atoms. The van der Waals surface area contributed by atoms with Crippen molar-refractivity contribution in [3.05, 3.63) is 62.4 Å². The summed E-state index contributed by atoms with van der Waals surface area (Å²) in [5, 5.41) is 0. The van der Waals surface area contributed by atoms with Crippen molar-refractivity contribution >= 4 is 55.2 Å². The van der Waals surface area contributed by atoms with Gasteiger partial charge >= 0.3 is 0 Å². The minimum Gasteiger partial charge on any atom is -0.316 e. The largest absolute Gasteiger partial charge is 0.316 e. The van der Waals surface area contributed by atoms with Crippen LogP contribution in [0.2, 0.25) is 0 Å². The fraction of sp³-hybridized carbons (Fsp3) is 0.333. The van der Waals surface area contributed by atoms with Crippen LogP contribution in [0.3, 0.4) is 0 Å². The molecule has 0 aliphatic heterocycles. The number of aromatic nitrogens is 1. The summed E-state index contributed by atoms with van der Waals surface area (Å²) in [6.45, 7) is 0.846. The summed E-state index contributed by atoms with van der Waals surface area (Å²) in [5.74, 6) is 0.842. The smallest absolute Gasteiger partial charge is 0.279 e. The molecule has 0 bridgehead atoms. The third-order valence-corrected chi connectivity index (χ3v) is 7.08. The molecule has 0 atom stereocenters. The normalized spacial score (nSPS) is 14.5. The molecule has 1 aliphatic rings. The summed E-state index contributed by atoms with van der Waals surface area (Å²) in [4.78, 5) is 18.2. The first-order valence-electron chi connectivity index (χ1n) is 9.14. The highest BCUT2D eigenvalue weighted by Gasteiger charge is 2.14. The Labute approximate surface area is 175 Å². The number of amides is 1. The van der Waals surface area contributed by atoms with Gasteiger partial charge in [-0.05, 0) is 73.4 Å². The molecule has 1 amide bonds. The van der Waals surface area contributed by atoms with Crippen LogP contribution in [0.25, 0.3) is 10.2 Å². The predicted octanol–water partition coefficient (Wildman–Crippen LogP) is 5.45. The Balaban J connectivity index is 1.76. The second-order valence-corrected chi connectivity index (χ2v) is 9.66. The first-order chi connectivity index (χ1) is 13.2. The van der Waals surface area contributed by atoms with Crippen LogP contribution in [0, 0.1) is 0 Å². The number of hydrogen-bond donors (Lipinski definition) is 0. The number of halogens is 1. The van der Waals surface area contributed by atoms with E-state index in [4.69, 9.17) is 0 Å². The van der Waals surface area contributed by atoms with Gasteiger partial charge in [-0.2, -0.15) is 16.8 Å². The van der Waals surface area contributed by atoms with Crippen molar-refractivity contribution in [1.29, 1.82) is 0 Å². The molecule has 0 fully saturated rings. The Hall–Kier alpha value is -1.37. The van der Waals surface area contributed by atoms with Crippen molar-refractivity contribution in [3.63, 3.8) is 0 Å². The number of thiazole rings is 1. The van der Waals surface area contributed by atoms with E-state index >= 15 is 0 Å². The van der Waals surface area contributed by atoms with Crippen LogP contribution in [0.1, 0.15) is 34.3 Å². The van der Waals surface area contributed by atoms with Crippen LogP contribution >= 0.6 is 39.0 Å². The second-order valence-electron chi connectivity index (χ2n) is 6.75. The molecule has 4 rings (SSSR count). The van der Waals surface area contributed by atoms with Crippen LogP contribution in [0.4, 0.5) is 0 Å². The van der Waals surface area contributed by atoms with Gasteiger partial charge in [0.2, 0.25) is 0 Å². The van der Waals surface area contributed by atoms with Gasteiger partial charge < -0.3 is 4.57 Å². The molecule has 6 heteroatoms. The molecule has 1 aliphatic carbocycles. The number of hydrogen-bond acceptors (Lipinski definition) is 3. The molecule has 2 aromatic carbocycles. The van der Waals surface area contributed by atoms with Crippen molar-refractivity contribution in [2.75, 3.05) is 12.0 Å². The minimum absolute atomic E-state index is 0.146. The van der Waals surface area contributed by atoms with Gasteiger partial charge in [-0.3, -0.25) is 4.79 Å². The van der Waals surface area contributed by atoms with E-state index in [1.165, 1.54) is 24.0 Å². The first kappa shape index (κ1) is 19.0. The van der Waals surface area contributed by atoms with Gasteiger partial charge in [-0.15, -0.1) is 0 Å². The molecule has 1 aromatic heterocycles.